The molecule has 2 aliphatic rings. The molecule has 1 aromatic heterocycles. The van der Waals surface area contributed by atoms with Crippen LogP contribution < -0.4 is 4.90 Å². The second-order valence-corrected chi connectivity index (χ2v) is 5.41. The highest BCUT2D eigenvalue weighted by Gasteiger charge is 2.18. The monoisotopic (exact) mass is 246 g/mol. The van der Waals surface area contributed by atoms with Crippen LogP contribution in [0.25, 0.3) is 0 Å². The highest BCUT2D eigenvalue weighted by atomic mass is 16.5. The van der Waals surface area contributed by atoms with E-state index in [0.717, 1.165) is 32.2 Å². The third kappa shape index (κ3) is 2.66. The summed E-state index contributed by atoms with van der Waals surface area (Å²) in [5, 5.41) is 0. The van der Waals surface area contributed by atoms with Gasteiger partial charge in [0.15, 0.2) is 0 Å². The smallest absolute Gasteiger partial charge is 0.0642 e. The van der Waals surface area contributed by atoms with E-state index < -0.39 is 0 Å². The SMILES string of the molecule is c1ncc(N2CCOCC2)cc1C1CCCCC1. The van der Waals surface area contributed by atoms with Crippen LogP contribution in [-0.4, -0.2) is 31.3 Å². The van der Waals surface area contributed by atoms with Crippen molar-refractivity contribution < 1.29 is 4.74 Å². The normalized spacial score (nSPS) is 22.1. The van der Waals surface area contributed by atoms with E-state index in [4.69, 9.17) is 4.74 Å². The maximum Gasteiger partial charge on any atom is 0.0642 e. The minimum atomic E-state index is 0.743. The number of nitrogens with zero attached hydrogens (tertiary/aromatic N) is 2. The van der Waals surface area contributed by atoms with E-state index in [1.54, 1.807) is 0 Å². The summed E-state index contributed by atoms with van der Waals surface area (Å²) in [6, 6.07) is 2.36. The summed E-state index contributed by atoms with van der Waals surface area (Å²) >= 11 is 0. The summed E-state index contributed by atoms with van der Waals surface area (Å²) in [4.78, 5) is 6.84. The molecule has 98 valence electrons. The molecule has 3 heteroatoms. The third-order valence-corrected chi connectivity index (χ3v) is 4.20. The van der Waals surface area contributed by atoms with Gasteiger partial charge in [0.05, 0.1) is 25.1 Å². The molecule has 0 N–H and O–H groups in total. The van der Waals surface area contributed by atoms with E-state index in [1.807, 2.05) is 6.20 Å². The Morgan fingerprint density at radius 2 is 1.83 bits per heavy atom. The second kappa shape index (κ2) is 5.70. The highest BCUT2D eigenvalue weighted by molar-refractivity contribution is 5.47. The van der Waals surface area contributed by atoms with Crippen molar-refractivity contribution in [3.8, 4) is 0 Å². The number of anilines is 1. The number of rotatable bonds is 2. The van der Waals surface area contributed by atoms with E-state index in [2.05, 4.69) is 22.1 Å². The number of morpholine rings is 1. The average Bonchev–Trinajstić information content (AvgIpc) is 2.49. The molecule has 1 aliphatic carbocycles. The summed E-state index contributed by atoms with van der Waals surface area (Å²) in [7, 11) is 0. The quantitative estimate of drug-likeness (QED) is 0.802. The van der Waals surface area contributed by atoms with Crippen LogP contribution in [0.5, 0.6) is 0 Å². The predicted octanol–water partition coefficient (Wildman–Crippen LogP) is 2.97. The Kier molecular flexibility index (Phi) is 3.79. The van der Waals surface area contributed by atoms with Crippen molar-refractivity contribution in [3.63, 3.8) is 0 Å². The molecule has 0 atom stereocenters. The molecule has 0 bridgehead atoms. The average molecular weight is 246 g/mol. The Morgan fingerprint density at radius 3 is 2.61 bits per heavy atom. The molecular formula is C15H22N2O. The second-order valence-electron chi connectivity index (χ2n) is 5.41. The van der Waals surface area contributed by atoms with E-state index in [-0.39, 0.29) is 0 Å². The minimum absolute atomic E-state index is 0.743. The molecule has 1 aliphatic heterocycles. The van der Waals surface area contributed by atoms with E-state index in [1.165, 1.54) is 43.4 Å². The topological polar surface area (TPSA) is 25.4 Å². The summed E-state index contributed by atoms with van der Waals surface area (Å²) in [6.45, 7) is 3.67. The number of hydrogen-bond acceptors (Lipinski definition) is 3. The number of hydrogen-bond donors (Lipinski definition) is 0. The number of ether oxygens (including phenoxy) is 1. The molecule has 1 aromatic rings. The molecule has 0 unspecified atom stereocenters. The summed E-state index contributed by atoms with van der Waals surface area (Å²) < 4.78 is 5.41. The van der Waals surface area contributed by atoms with Crippen LogP contribution in [0.4, 0.5) is 5.69 Å². The van der Waals surface area contributed by atoms with Gasteiger partial charge < -0.3 is 9.64 Å². The van der Waals surface area contributed by atoms with Crippen LogP contribution in [0, 0.1) is 0 Å². The van der Waals surface area contributed by atoms with Crippen molar-refractivity contribution in [3.05, 3.63) is 24.0 Å². The standard InChI is InChI=1S/C15H22N2O/c1-2-4-13(5-3-1)14-10-15(12-16-11-14)17-6-8-18-9-7-17/h10-13H,1-9H2. The summed E-state index contributed by atoms with van der Waals surface area (Å²) in [6.07, 6.45) is 10.9. The lowest BCUT2D eigenvalue weighted by atomic mass is 9.85. The van der Waals surface area contributed by atoms with Crippen molar-refractivity contribution in [2.45, 2.75) is 38.0 Å². The first-order valence-electron chi connectivity index (χ1n) is 7.21. The molecule has 0 amide bonds. The Morgan fingerprint density at radius 1 is 1.06 bits per heavy atom. The zero-order chi connectivity index (χ0) is 12.2. The zero-order valence-corrected chi connectivity index (χ0v) is 11.0. The van der Waals surface area contributed by atoms with Gasteiger partial charge in [-0.2, -0.15) is 0 Å². The van der Waals surface area contributed by atoms with Crippen molar-refractivity contribution >= 4 is 5.69 Å². The van der Waals surface area contributed by atoms with Crippen molar-refractivity contribution in [1.29, 1.82) is 0 Å². The van der Waals surface area contributed by atoms with Crippen LogP contribution >= 0.6 is 0 Å². The van der Waals surface area contributed by atoms with Gasteiger partial charge in [0.25, 0.3) is 0 Å². The first kappa shape index (κ1) is 12.0. The Bertz CT molecular complexity index is 349. The lowest BCUT2D eigenvalue weighted by Gasteiger charge is -2.29. The van der Waals surface area contributed by atoms with Crippen LogP contribution in [0.15, 0.2) is 18.5 Å². The van der Waals surface area contributed by atoms with Gasteiger partial charge in [-0.25, -0.2) is 0 Å². The van der Waals surface area contributed by atoms with Crippen LogP contribution in [0.3, 0.4) is 0 Å². The van der Waals surface area contributed by atoms with Gasteiger partial charge >= 0.3 is 0 Å². The van der Waals surface area contributed by atoms with Crippen molar-refractivity contribution in [2.24, 2.45) is 0 Å². The number of pyridine rings is 1. The zero-order valence-electron chi connectivity index (χ0n) is 11.0. The van der Waals surface area contributed by atoms with Crippen LogP contribution in [0.2, 0.25) is 0 Å². The van der Waals surface area contributed by atoms with Crippen LogP contribution in [-0.2, 0) is 4.74 Å². The number of aromatic nitrogens is 1. The Hall–Kier alpha value is -1.09. The van der Waals surface area contributed by atoms with Gasteiger partial charge in [-0.05, 0) is 30.4 Å². The van der Waals surface area contributed by atoms with E-state index >= 15 is 0 Å². The molecule has 18 heavy (non-hydrogen) atoms. The van der Waals surface area contributed by atoms with Gasteiger partial charge in [-0.3, -0.25) is 4.98 Å². The van der Waals surface area contributed by atoms with Crippen molar-refractivity contribution in [1.82, 2.24) is 4.98 Å². The fourth-order valence-corrected chi connectivity index (χ4v) is 3.10. The third-order valence-electron chi connectivity index (χ3n) is 4.20. The molecule has 2 fully saturated rings. The molecule has 2 heterocycles. The molecule has 0 radical (unpaired) electrons. The molecule has 3 nitrogen and oxygen atoms in total. The molecule has 3 rings (SSSR count). The fourth-order valence-electron chi connectivity index (χ4n) is 3.10. The maximum absolute atomic E-state index is 5.41. The van der Waals surface area contributed by atoms with E-state index in [0.29, 0.717) is 0 Å². The first-order chi connectivity index (χ1) is 8.93. The van der Waals surface area contributed by atoms with Crippen LogP contribution in [0.1, 0.15) is 43.6 Å². The summed E-state index contributed by atoms with van der Waals surface area (Å²) in [5.41, 5.74) is 2.72. The Labute approximate surface area is 109 Å². The van der Waals surface area contributed by atoms with Gasteiger partial charge in [0, 0.05) is 19.3 Å². The lowest BCUT2D eigenvalue weighted by molar-refractivity contribution is 0.122. The van der Waals surface area contributed by atoms with Gasteiger partial charge in [-0.15, -0.1) is 0 Å². The van der Waals surface area contributed by atoms with Gasteiger partial charge in [-0.1, -0.05) is 19.3 Å². The predicted molar refractivity (Wildman–Crippen MR) is 73.1 cm³/mol. The Balaban J connectivity index is 1.75. The molecular weight excluding hydrogens is 224 g/mol. The molecule has 1 saturated heterocycles. The molecule has 0 aromatic carbocycles. The maximum atomic E-state index is 5.41. The van der Waals surface area contributed by atoms with Gasteiger partial charge in [0.2, 0.25) is 0 Å². The first-order valence-corrected chi connectivity index (χ1v) is 7.21. The largest absolute Gasteiger partial charge is 0.378 e. The lowest BCUT2D eigenvalue weighted by Crippen LogP contribution is -2.36. The summed E-state index contributed by atoms with van der Waals surface area (Å²) in [5.74, 6) is 0.743. The van der Waals surface area contributed by atoms with E-state index in [9.17, 15) is 0 Å². The van der Waals surface area contributed by atoms with Gasteiger partial charge in [0.1, 0.15) is 0 Å². The molecule has 1 saturated carbocycles. The molecule has 0 spiro atoms. The van der Waals surface area contributed by atoms with Crippen molar-refractivity contribution in [2.75, 3.05) is 31.2 Å². The fraction of sp³-hybridized carbons (Fsp3) is 0.667. The highest BCUT2D eigenvalue weighted by Crippen LogP contribution is 2.33. The minimum Gasteiger partial charge on any atom is -0.378 e.